The van der Waals surface area contributed by atoms with Crippen LogP contribution in [0.3, 0.4) is 0 Å². The minimum absolute atomic E-state index is 0.486. The number of para-hydroxylation sites is 2. The summed E-state index contributed by atoms with van der Waals surface area (Å²) in [5.41, 5.74) is 5.47. The third kappa shape index (κ3) is 4.55. The number of hydrogen-bond donors (Lipinski definition) is 1. The van der Waals surface area contributed by atoms with E-state index < -0.39 is 5.79 Å². The zero-order valence-electron chi connectivity index (χ0n) is 20.2. The van der Waals surface area contributed by atoms with Crippen molar-refractivity contribution in [2.75, 3.05) is 44.7 Å². The van der Waals surface area contributed by atoms with Gasteiger partial charge in [-0.2, -0.15) is 0 Å². The minimum Gasteiger partial charge on any atom is -0.495 e. The molecule has 0 saturated carbocycles. The molecular formula is C29H31N3O3. The lowest BCUT2D eigenvalue weighted by Gasteiger charge is -2.41. The number of hydrogen-bond acceptors (Lipinski definition) is 6. The van der Waals surface area contributed by atoms with Gasteiger partial charge < -0.3 is 19.5 Å². The summed E-state index contributed by atoms with van der Waals surface area (Å²) in [5, 5.41) is 11.9. The van der Waals surface area contributed by atoms with Gasteiger partial charge in [-0.05, 0) is 47.9 Å². The van der Waals surface area contributed by atoms with Crippen LogP contribution in [0.1, 0.15) is 18.2 Å². The summed E-state index contributed by atoms with van der Waals surface area (Å²) in [6.07, 6.45) is 3.34. The molecule has 6 nitrogen and oxygen atoms in total. The van der Waals surface area contributed by atoms with Crippen LogP contribution in [0.4, 0.5) is 5.69 Å². The van der Waals surface area contributed by atoms with Crippen molar-refractivity contribution in [3.05, 3.63) is 108 Å². The summed E-state index contributed by atoms with van der Waals surface area (Å²) >= 11 is 0. The van der Waals surface area contributed by atoms with Crippen LogP contribution in [-0.2, 0) is 10.5 Å². The van der Waals surface area contributed by atoms with Gasteiger partial charge in [0.2, 0.25) is 0 Å². The van der Waals surface area contributed by atoms with Crippen molar-refractivity contribution >= 4 is 11.3 Å². The number of aliphatic hydroxyl groups is 1. The molecule has 1 fully saturated rings. The number of allylic oxidation sites excluding steroid dienone is 2. The van der Waals surface area contributed by atoms with Gasteiger partial charge in [0, 0.05) is 44.5 Å². The van der Waals surface area contributed by atoms with Gasteiger partial charge in [0.15, 0.2) is 0 Å². The molecule has 1 unspecified atom stereocenters. The smallest absolute Gasteiger partial charge is 0.276 e. The molecule has 3 aromatic rings. The Bertz CT molecular complexity index is 1220. The molecular weight excluding hydrogens is 438 g/mol. The van der Waals surface area contributed by atoms with Crippen LogP contribution in [-0.4, -0.2) is 54.8 Å². The average molecular weight is 470 g/mol. The molecule has 1 aromatic heterocycles. The van der Waals surface area contributed by atoms with E-state index in [9.17, 15) is 5.11 Å². The largest absolute Gasteiger partial charge is 0.495 e. The fourth-order valence-corrected chi connectivity index (χ4v) is 4.94. The molecule has 2 aromatic carbocycles. The Labute approximate surface area is 206 Å². The molecule has 1 N–H and O–H groups in total. The predicted octanol–water partition coefficient (Wildman–Crippen LogP) is 4.45. The van der Waals surface area contributed by atoms with Gasteiger partial charge in [-0.3, -0.25) is 9.88 Å². The first-order valence-corrected chi connectivity index (χ1v) is 12.0. The van der Waals surface area contributed by atoms with E-state index in [-0.39, 0.29) is 0 Å². The van der Waals surface area contributed by atoms with Crippen molar-refractivity contribution in [1.82, 2.24) is 9.88 Å². The molecule has 6 heteroatoms. The summed E-state index contributed by atoms with van der Waals surface area (Å²) < 4.78 is 11.6. The second kappa shape index (κ2) is 9.94. The minimum atomic E-state index is -1.63. The van der Waals surface area contributed by atoms with Crippen molar-refractivity contribution in [3.8, 4) is 5.75 Å². The maximum Gasteiger partial charge on any atom is 0.276 e. The normalized spacial score (nSPS) is 20.9. The van der Waals surface area contributed by atoms with E-state index in [2.05, 4.69) is 33.0 Å². The SMILES string of the molecule is COc1ccccc1N1CCN(CC2=C(c3ccccc3)C(C)=COC2(O)c2ccccn2)CC1. The molecule has 2 aliphatic rings. The number of benzene rings is 2. The lowest BCUT2D eigenvalue weighted by molar-refractivity contribution is -0.151. The molecule has 2 aliphatic heterocycles. The first-order valence-electron chi connectivity index (χ1n) is 12.0. The quantitative estimate of drug-likeness (QED) is 0.576. The van der Waals surface area contributed by atoms with Crippen molar-refractivity contribution < 1.29 is 14.6 Å². The van der Waals surface area contributed by atoms with E-state index in [1.807, 2.05) is 61.5 Å². The van der Waals surface area contributed by atoms with Gasteiger partial charge in [-0.15, -0.1) is 0 Å². The monoisotopic (exact) mass is 469 g/mol. The molecule has 0 aliphatic carbocycles. The first-order chi connectivity index (χ1) is 17.1. The highest BCUT2D eigenvalue weighted by molar-refractivity contribution is 5.83. The Morgan fingerprint density at radius 3 is 2.37 bits per heavy atom. The van der Waals surface area contributed by atoms with Gasteiger partial charge in [0.05, 0.1) is 19.1 Å². The van der Waals surface area contributed by atoms with E-state index in [4.69, 9.17) is 9.47 Å². The number of aromatic nitrogens is 1. The molecule has 1 atom stereocenters. The topological polar surface area (TPSA) is 58.1 Å². The van der Waals surface area contributed by atoms with Gasteiger partial charge in [-0.1, -0.05) is 48.5 Å². The van der Waals surface area contributed by atoms with Crippen molar-refractivity contribution in [2.45, 2.75) is 12.7 Å². The van der Waals surface area contributed by atoms with Crippen LogP contribution < -0.4 is 9.64 Å². The molecule has 180 valence electrons. The van der Waals surface area contributed by atoms with E-state index in [1.165, 1.54) is 0 Å². The van der Waals surface area contributed by atoms with E-state index >= 15 is 0 Å². The second-order valence-electron chi connectivity index (χ2n) is 8.93. The molecule has 0 amide bonds. The Morgan fingerprint density at radius 1 is 0.943 bits per heavy atom. The van der Waals surface area contributed by atoms with Crippen molar-refractivity contribution in [3.63, 3.8) is 0 Å². The summed E-state index contributed by atoms with van der Waals surface area (Å²) in [7, 11) is 1.71. The highest BCUT2D eigenvalue weighted by atomic mass is 16.6. The van der Waals surface area contributed by atoms with E-state index in [0.29, 0.717) is 12.2 Å². The van der Waals surface area contributed by atoms with Crippen LogP contribution in [0.2, 0.25) is 0 Å². The molecule has 5 rings (SSSR count). The highest BCUT2D eigenvalue weighted by Crippen LogP contribution is 2.42. The number of ether oxygens (including phenoxy) is 2. The fourth-order valence-electron chi connectivity index (χ4n) is 4.94. The number of nitrogens with zero attached hydrogens (tertiary/aromatic N) is 3. The van der Waals surface area contributed by atoms with Crippen LogP contribution in [0, 0.1) is 0 Å². The van der Waals surface area contributed by atoms with Crippen LogP contribution in [0.25, 0.3) is 5.57 Å². The number of methoxy groups -OCH3 is 1. The first kappa shape index (κ1) is 23.1. The summed E-state index contributed by atoms with van der Waals surface area (Å²) in [4.78, 5) is 9.19. The van der Waals surface area contributed by atoms with E-state index in [1.54, 1.807) is 19.6 Å². The lowest BCUT2D eigenvalue weighted by atomic mass is 9.86. The molecule has 0 spiro atoms. The second-order valence-corrected chi connectivity index (χ2v) is 8.93. The predicted molar refractivity (Wildman–Crippen MR) is 138 cm³/mol. The number of piperazine rings is 1. The highest BCUT2D eigenvalue weighted by Gasteiger charge is 2.43. The number of anilines is 1. The van der Waals surface area contributed by atoms with Crippen LogP contribution in [0.5, 0.6) is 5.75 Å². The maximum absolute atomic E-state index is 11.9. The number of rotatable bonds is 6. The Morgan fingerprint density at radius 2 is 1.66 bits per heavy atom. The lowest BCUT2D eigenvalue weighted by Crippen LogP contribution is -2.49. The zero-order chi connectivity index (χ0) is 24.3. The fraction of sp³-hybridized carbons (Fsp3) is 0.276. The Hall–Kier alpha value is -3.61. The molecule has 3 heterocycles. The Balaban J connectivity index is 1.47. The Kier molecular flexibility index (Phi) is 6.57. The third-order valence-corrected chi connectivity index (χ3v) is 6.77. The van der Waals surface area contributed by atoms with Crippen molar-refractivity contribution in [1.29, 1.82) is 0 Å². The summed E-state index contributed by atoms with van der Waals surface area (Å²) in [5.74, 6) is -0.743. The zero-order valence-corrected chi connectivity index (χ0v) is 20.2. The van der Waals surface area contributed by atoms with Gasteiger partial charge in [-0.25, -0.2) is 0 Å². The molecule has 0 bridgehead atoms. The molecule has 35 heavy (non-hydrogen) atoms. The average Bonchev–Trinajstić information content (AvgIpc) is 2.92. The van der Waals surface area contributed by atoms with Crippen LogP contribution >= 0.6 is 0 Å². The van der Waals surface area contributed by atoms with Gasteiger partial charge >= 0.3 is 0 Å². The number of pyridine rings is 1. The van der Waals surface area contributed by atoms with Gasteiger partial charge in [0.1, 0.15) is 11.4 Å². The molecule has 1 saturated heterocycles. The van der Waals surface area contributed by atoms with Crippen LogP contribution in [0.15, 0.2) is 96.4 Å². The van der Waals surface area contributed by atoms with Gasteiger partial charge in [0.25, 0.3) is 5.79 Å². The van der Waals surface area contributed by atoms with E-state index in [0.717, 1.165) is 59.9 Å². The maximum atomic E-state index is 11.9. The van der Waals surface area contributed by atoms with Crippen molar-refractivity contribution in [2.24, 2.45) is 0 Å². The molecule has 0 radical (unpaired) electrons. The third-order valence-electron chi connectivity index (χ3n) is 6.77. The summed E-state index contributed by atoms with van der Waals surface area (Å²) in [6.45, 7) is 6.04. The standard InChI is InChI=1S/C29H31N3O3/c1-22-21-35-29(33,27-14-8-9-15-30-27)24(28(22)23-10-4-3-5-11-23)20-31-16-18-32(19-17-31)25-12-6-7-13-26(25)34-2/h3-15,21,33H,16-20H2,1-2H3. The summed E-state index contributed by atoms with van der Waals surface area (Å²) in [6, 6.07) is 23.9.